The monoisotopic (exact) mass is 378 g/mol. The number of aliphatic hydroxyl groups excluding tert-OH is 1. The molecule has 150 valence electrons. The van der Waals surface area contributed by atoms with Crippen molar-refractivity contribution >= 4 is 0 Å². The van der Waals surface area contributed by atoms with Crippen LogP contribution in [0.25, 0.3) is 0 Å². The molecule has 1 aromatic rings. The molecule has 0 aliphatic carbocycles. The lowest BCUT2D eigenvalue weighted by atomic mass is 9.80. The molecule has 3 aliphatic rings. The van der Waals surface area contributed by atoms with Gasteiger partial charge in [-0.1, -0.05) is 0 Å². The number of methoxy groups -OCH3 is 1. The first kappa shape index (κ1) is 18.8. The molecular formula is C21H32NO5+. The van der Waals surface area contributed by atoms with Crippen LogP contribution in [0, 0.1) is 5.92 Å². The van der Waals surface area contributed by atoms with E-state index in [2.05, 4.69) is 27.0 Å². The molecule has 6 heteroatoms. The Bertz CT molecular complexity index is 704. The van der Waals surface area contributed by atoms with Gasteiger partial charge in [-0.2, -0.15) is 0 Å². The lowest BCUT2D eigenvalue weighted by molar-refractivity contribution is -0.915. The molecule has 0 aromatic heterocycles. The molecule has 0 radical (unpaired) electrons. The van der Waals surface area contributed by atoms with Gasteiger partial charge in [-0.25, -0.2) is 0 Å². The summed E-state index contributed by atoms with van der Waals surface area (Å²) in [6.45, 7) is 6.22. The molecule has 4 rings (SSSR count). The van der Waals surface area contributed by atoms with E-state index in [9.17, 15) is 5.11 Å². The van der Waals surface area contributed by atoms with Crippen LogP contribution < -0.4 is 19.1 Å². The number of hydrogen-bond donors (Lipinski definition) is 2. The number of hydrogen-bond acceptors (Lipinski definition) is 5. The molecule has 0 saturated carbocycles. The fourth-order valence-electron chi connectivity index (χ4n) is 4.98. The van der Waals surface area contributed by atoms with Crippen LogP contribution in [0.1, 0.15) is 50.3 Å². The summed E-state index contributed by atoms with van der Waals surface area (Å²) in [5.41, 5.74) is 2.28. The number of rotatable bonds is 4. The highest BCUT2D eigenvalue weighted by molar-refractivity contribution is 5.61. The van der Waals surface area contributed by atoms with Crippen molar-refractivity contribution in [1.82, 2.24) is 0 Å². The van der Waals surface area contributed by atoms with Gasteiger partial charge in [-0.15, -0.1) is 0 Å². The zero-order valence-corrected chi connectivity index (χ0v) is 16.8. The number of likely N-dealkylation sites (N-methyl/N-ethyl adjacent to an activating group) is 1. The van der Waals surface area contributed by atoms with Crippen molar-refractivity contribution in [1.29, 1.82) is 0 Å². The SMILES string of the molecule is COc1c2c(cc3c1[C@@H](C[C@H](O)[C@@H]1CCOC(C)(C)C1)[NH+](C)CC3)OCO2. The summed E-state index contributed by atoms with van der Waals surface area (Å²) < 4.78 is 22.9. The summed E-state index contributed by atoms with van der Waals surface area (Å²) in [5, 5.41) is 11.1. The third-order valence-electron chi connectivity index (χ3n) is 6.44. The summed E-state index contributed by atoms with van der Waals surface area (Å²) >= 11 is 0. The third kappa shape index (κ3) is 3.50. The van der Waals surface area contributed by atoms with Gasteiger partial charge < -0.3 is 29.0 Å². The largest absolute Gasteiger partial charge is 0.492 e. The van der Waals surface area contributed by atoms with Gasteiger partial charge in [-0.05, 0) is 44.2 Å². The van der Waals surface area contributed by atoms with E-state index in [1.165, 1.54) is 16.0 Å². The lowest BCUT2D eigenvalue weighted by Crippen LogP contribution is -3.10. The molecule has 2 N–H and O–H groups in total. The zero-order chi connectivity index (χ0) is 19.2. The van der Waals surface area contributed by atoms with E-state index in [4.69, 9.17) is 18.9 Å². The molecule has 27 heavy (non-hydrogen) atoms. The molecule has 1 unspecified atom stereocenters. The summed E-state index contributed by atoms with van der Waals surface area (Å²) in [6, 6.07) is 2.28. The molecule has 1 aromatic carbocycles. The molecular weight excluding hydrogens is 346 g/mol. The van der Waals surface area contributed by atoms with Crippen LogP contribution in [0.15, 0.2) is 6.07 Å². The Hall–Kier alpha value is -1.50. The number of fused-ring (bicyclic) bond motifs is 2. The van der Waals surface area contributed by atoms with Gasteiger partial charge >= 0.3 is 0 Å². The fraction of sp³-hybridized carbons (Fsp3) is 0.714. The minimum Gasteiger partial charge on any atom is -0.492 e. The summed E-state index contributed by atoms with van der Waals surface area (Å²) in [4.78, 5) is 1.41. The minimum atomic E-state index is -0.353. The van der Waals surface area contributed by atoms with Crippen LogP contribution in [0.2, 0.25) is 0 Å². The smallest absolute Gasteiger partial charge is 0.231 e. The van der Waals surface area contributed by atoms with Crippen molar-refractivity contribution < 1.29 is 29.0 Å². The lowest BCUT2D eigenvalue weighted by Gasteiger charge is -2.40. The van der Waals surface area contributed by atoms with E-state index < -0.39 is 0 Å². The molecule has 3 aliphatic heterocycles. The topological polar surface area (TPSA) is 61.6 Å². The van der Waals surface area contributed by atoms with Gasteiger partial charge in [0.25, 0.3) is 0 Å². The molecule has 1 saturated heterocycles. The van der Waals surface area contributed by atoms with E-state index in [0.29, 0.717) is 5.75 Å². The Morgan fingerprint density at radius 2 is 2.19 bits per heavy atom. The second kappa shape index (κ2) is 7.15. The third-order valence-corrected chi connectivity index (χ3v) is 6.44. The van der Waals surface area contributed by atoms with Gasteiger partial charge in [0.05, 0.1) is 38.0 Å². The molecule has 0 bridgehead atoms. The van der Waals surface area contributed by atoms with Crippen LogP contribution >= 0.6 is 0 Å². The van der Waals surface area contributed by atoms with Gasteiger partial charge in [0.2, 0.25) is 12.5 Å². The second-order valence-electron chi connectivity index (χ2n) is 8.78. The maximum atomic E-state index is 11.1. The Kier molecular flexibility index (Phi) is 4.99. The molecule has 6 nitrogen and oxygen atoms in total. The second-order valence-corrected chi connectivity index (χ2v) is 8.78. The van der Waals surface area contributed by atoms with Crippen molar-refractivity contribution in [3.05, 3.63) is 17.2 Å². The highest BCUT2D eigenvalue weighted by Crippen LogP contribution is 2.48. The number of benzene rings is 1. The Balaban J connectivity index is 1.62. The predicted octanol–water partition coefficient (Wildman–Crippen LogP) is 1.49. The first-order valence-corrected chi connectivity index (χ1v) is 10.0. The van der Waals surface area contributed by atoms with Gasteiger partial charge in [0, 0.05) is 19.4 Å². The normalized spacial score (nSPS) is 29.9. The maximum Gasteiger partial charge on any atom is 0.231 e. The van der Waals surface area contributed by atoms with Crippen LogP contribution in [0.5, 0.6) is 17.2 Å². The molecule has 3 heterocycles. The van der Waals surface area contributed by atoms with Crippen molar-refractivity contribution in [2.24, 2.45) is 5.92 Å². The minimum absolute atomic E-state index is 0.156. The van der Waals surface area contributed by atoms with Gasteiger partial charge in [-0.3, -0.25) is 0 Å². The number of aliphatic hydroxyl groups is 1. The van der Waals surface area contributed by atoms with E-state index in [-0.39, 0.29) is 30.5 Å². The van der Waals surface area contributed by atoms with Gasteiger partial charge in [0.15, 0.2) is 11.5 Å². The average Bonchev–Trinajstić information content (AvgIpc) is 3.09. The van der Waals surface area contributed by atoms with Crippen molar-refractivity contribution in [3.63, 3.8) is 0 Å². The quantitative estimate of drug-likeness (QED) is 0.831. The van der Waals surface area contributed by atoms with E-state index in [0.717, 1.165) is 50.3 Å². The summed E-state index contributed by atoms with van der Waals surface area (Å²) in [6.07, 6.45) is 3.15. The van der Waals surface area contributed by atoms with Gasteiger partial charge in [0.1, 0.15) is 6.04 Å². The van der Waals surface area contributed by atoms with E-state index in [1.807, 2.05) is 0 Å². The average molecular weight is 378 g/mol. The van der Waals surface area contributed by atoms with Crippen LogP contribution in [0.4, 0.5) is 0 Å². The fourth-order valence-corrected chi connectivity index (χ4v) is 4.98. The standard InChI is InChI=1S/C21H31NO5/c1-21(2)11-14(6-8-27-21)16(23)10-15-18-13(5-7-22(15)3)9-17-19(20(18)24-4)26-12-25-17/h9,14-16,23H,5-8,10-12H2,1-4H3/p+1/t14-,15-,16+/m1/s1. The highest BCUT2D eigenvalue weighted by Gasteiger charge is 2.40. The van der Waals surface area contributed by atoms with Crippen LogP contribution in [-0.2, 0) is 11.2 Å². The molecule has 0 amide bonds. The first-order chi connectivity index (χ1) is 12.9. The van der Waals surface area contributed by atoms with Crippen LogP contribution in [-0.4, -0.2) is 50.9 Å². The van der Waals surface area contributed by atoms with Crippen LogP contribution in [0.3, 0.4) is 0 Å². The Morgan fingerprint density at radius 3 is 2.93 bits per heavy atom. The van der Waals surface area contributed by atoms with E-state index in [1.54, 1.807) is 7.11 Å². The van der Waals surface area contributed by atoms with Crippen molar-refractivity contribution in [3.8, 4) is 17.2 Å². The molecule has 0 spiro atoms. The number of nitrogens with one attached hydrogen (secondary N) is 1. The Labute approximate surface area is 161 Å². The molecule has 4 atom stereocenters. The van der Waals surface area contributed by atoms with E-state index >= 15 is 0 Å². The maximum absolute atomic E-state index is 11.1. The Morgan fingerprint density at radius 1 is 1.37 bits per heavy atom. The summed E-state index contributed by atoms with van der Waals surface area (Å²) in [5.74, 6) is 2.53. The zero-order valence-electron chi connectivity index (χ0n) is 16.8. The molecule has 1 fully saturated rings. The first-order valence-electron chi connectivity index (χ1n) is 10.0. The van der Waals surface area contributed by atoms with Crippen molar-refractivity contribution in [2.75, 3.05) is 34.1 Å². The highest BCUT2D eigenvalue weighted by atomic mass is 16.7. The predicted molar refractivity (Wildman–Crippen MR) is 101 cm³/mol. The number of quaternary nitrogens is 1. The van der Waals surface area contributed by atoms with Crippen molar-refractivity contribution in [2.45, 2.75) is 57.3 Å². The summed E-state index contributed by atoms with van der Waals surface area (Å²) in [7, 11) is 3.90. The number of ether oxygens (including phenoxy) is 4.